The molecule has 0 aliphatic heterocycles. The lowest BCUT2D eigenvalue weighted by molar-refractivity contribution is 0.0962. The van der Waals surface area contributed by atoms with Gasteiger partial charge in [0.1, 0.15) is 17.8 Å². The van der Waals surface area contributed by atoms with Crippen molar-refractivity contribution in [3.63, 3.8) is 0 Å². The van der Waals surface area contributed by atoms with Gasteiger partial charge in [-0.25, -0.2) is 14.4 Å². The van der Waals surface area contributed by atoms with Gasteiger partial charge in [0.2, 0.25) is 0 Å². The fourth-order valence-corrected chi connectivity index (χ4v) is 1.67. The van der Waals surface area contributed by atoms with Crippen LogP contribution in [0.4, 0.5) is 21.7 Å². The summed E-state index contributed by atoms with van der Waals surface area (Å²) >= 11 is 0. The largest absolute Gasteiger partial charge is 0.393 e. The molecule has 5 N–H and O–H groups in total. The van der Waals surface area contributed by atoms with Crippen LogP contribution in [0.15, 0.2) is 30.6 Å². The Balaban J connectivity index is 2.05. The SMILES string of the molecule is CC(C)Nc1ncnc(NNC(=O)c2ccc(F)cc2)c1N. The Morgan fingerprint density at radius 3 is 2.45 bits per heavy atom. The van der Waals surface area contributed by atoms with Crippen molar-refractivity contribution in [2.24, 2.45) is 0 Å². The molecule has 1 amide bonds. The van der Waals surface area contributed by atoms with Crippen LogP contribution >= 0.6 is 0 Å². The summed E-state index contributed by atoms with van der Waals surface area (Å²) in [6.45, 7) is 3.90. The van der Waals surface area contributed by atoms with Gasteiger partial charge in [-0.1, -0.05) is 0 Å². The molecule has 0 bridgehead atoms. The van der Waals surface area contributed by atoms with Crippen molar-refractivity contribution in [3.8, 4) is 0 Å². The first-order valence-corrected chi connectivity index (χ1v) is 6.66. The highest BCUT2D eigenvalue weighted by molar-refractivity contribution is 5.95. The van der Waals surface area contributed by atoms with Crippen molar-refractivity contribution < 1.29 is 9.18 Å². The van der Waals surface area contributed by atoms with E-state index in [9.17, 15) is 9.18 Å². The zero-order valence-electron chi connectivity index (χ0n) is 12.2. The predicted octanol–water partition coefficient (Wildman–Crippen LogP) is 1.78. The molecule has 1 heterocycles. The molecule has 0 saturated heterocycles. The van der Waals surface area contributed by atoms with Gasteiger partial charge in [-0.05, 0) is 38.1 Å². The Morgan fingerprint density at radius 2 is 1.82 bits per heavy atom. The number of nitrogens with zero attached hydrogens (tertiary/aromatic N) is 2. The molecule has 1 aromatic carbocycles. The van der Waals surface area contributed by atoms with Gasteiger partial charge in [-0.2, -0.15) is 0 Å². The summed E-state index contributed by atoms with van der Waals surface area (Å²) in [4.78, 5) is 19.9. The second-order valence-electron chi connectivity index (χ2n) is 4.87. The number of hydrogen-bond donors (Lipinski definition) is 4. The van der Waals surface area contributed by atoms with Crippen LogP contribution in [0.5, 0.6) is 0 Å². The molecule has 7 nitrogen and oxygen atoms in total. The predicted molar refractivity (Wildman–Crippen MR) is 82.7 cm³/mol. The highest BCUT2D eigenvalue weighted by atomic mass is 19.1. The average molecular weight is 304 g/mol. The van der Waals surface area contributed by atoms with Crippen LogP contribution in [-0.4, -0.2) is 21.9 Å². The van der Waals surface area contributed by atoms with Crippen LogP contribution in [0, 0.1) is 5.82 Å². The van der Waals surface area contributed by atoms with Crippen LogP contribution in [-0.2, 0) is 0 Å². The van der Waals surface area contributed by atoms with Gasteiger partial charge in [0.25, 0.3) is 5.91 Å². The summed E-state index contributed by atoms with van der Waals surface area (Å²) in [5, 5.41) is 3.07. The van der Waals surface area contributed by atoms with Crippen molar-refractivity contribution in [3.05, 3.63) is 42.0 Å². The number of hydrazine groups is 1. The Bertz CT molecular complexity index is 659. The third-order valence-electron chi connectivity index (χ3n) is 2.71. The molecule has 2 rings (SSSR count). The van der Waals surface area contributed by atoms with Gasteiger partial charge in [0.15, 0.2) is 11.6 Å². The van der Waals surface area contributed by atoms with E-state index in [0.717, 1.165) is 0 Å². The van der Waals surface area contributed by atoms with E-state index in [1.807, 2.05) is 13.8 Å². The summed E-state index contributed by atoms with van der Waals surface area (Å²) < 4.78 is 12.8. The van der Waals surface area contributed by atoms with Crippen LogP contribution < -0.4 is 21.9 Å². The normalized spacial score (nSPS) is 10.4. The van der Waals surface area contributed by atoms with E-state index in [0.29, 0.717) is 11.4 Å². The lowest BCUT2D eigenvalue weighted by atomic mass is 10.2. The van der Waals surface area contributed by atoms with Gasteiger partial charge < -0.3 is 11.1 Å². The smallest absolute Gasteiger partial charge is 0.269 e. The zero-order chi connectivity index (χ0) is 16.1. The number of nitrogen functional groups attached to an aromatic ring is 1. The zero-order valence-corrected chi connectivity index (χ0v) is 12.2. The van der Waals surface area contributed by atoms with E-state index in [1.165, 1.54) is 30.6 Å². The van der Waals surface area contributed by atoms with Crippen molar-refractivity contribution in [1.29, 1.82) is 0 Å². The molecule has 22 heavy (non-hydrogen) atoms. The lowest BCUT2D eigenvalue weighted by Gasteiger charge is -2.14. The number of anilines is 3. The Hall–Kier alpha value is -2.90. The highest BCUT2D eigenvalue weighted by Crippen LogP contribution is 2.22. The molecule has 0 radical (unpaired) electrons. The van der Waals surface area contributed by atoms with Crippen LogP contribution in [0.2, 0.25) is 0 Å². The number of amides is 1. The second kappa shape index (κ2) is 6.70. The minimum absolute atomic E-state index is 0.152. The maximum absolute atomic E-state index is 12.8. The van der Waals surface area contributed by atoms with E-state index in [2.05, 4.69) is 26.1 Å². The van der Waals surface area contributed by atoms with Gasteiger partial charge in [-0.3, -0.25) is 15.6 Å². The molecule has 2 aromatic rings. The summed E-state index contributed by atoms with van der Waals surface area (Å²) in [7, 11) is 0. The van der Waals surface area contributed by atoms with Gasteiger partial charge >= 0.3 is 0 Å². The molecular formula is C14H17FN6O. The molecule has 0 aliphatic rings. The Labute approximate surface area is 127 Å². The van der Waals surface area contributed by atoms with E-state index in [4.69, 9.17) is 5.73 Å². The molecular weight excluding hydrogens is 287 g/mol. The maximum atomic E-state index is 12.8. The molecule has 8 heteroatoms. The molecule has 116 valence electrons. The van der Waals surface area contributed by atoms with Crippen molar-refractivity contribution in [2.75, 3.05) is 16.5 Å². The Morgan fingerprint density at radius 1 is 1.18 bits per heavy atom. The quantitative estimate of drug-likeness (QED) is 0.628. The molecule has 0 unspecified atom stereocenters. The maximum Gasteiger partial charge on any atom is 0.269 e. The van der Waals surface area contributed by atoms with E-state index < -0.39 is 11.7 Å². The molecule has 0 fully saturated rings. The number of hydrogen-bond acceptors (Lipinski definition) is 6. The number of nitrogens with two attached hydrogens (primary N) is 1. The molecule has 1 aromatic heterocycles. The van der Waals surface area contributed by atoms with E-state index in [1.54, 1.807) is 0 Å². The number of halogens is 1. The van der Waals surface area contributed by atoms with Crippen LogP contribution in [0.3, 0.4) is 0 Å². The highest BCUT2D eigenvalue weighted by Gasteiger charge is 2.10. The third-order valence-corrected chi connectivity index (χ3v) is 2.71. The lowest BCUT2D eigenvalue weighted by Crippen LogP contribution is -2.30. The number of nitrogens with one attached hydrogen (secondary N) is 3. The van der Waals surface area contributed by atoms with E-state index >= 15 is 0 Å². The van der Waals surface area contributed by atoms with Gasteiger partial charge in [0.05, 0.1) is 0 Å². The average Bonchev–Trinajstić information content (AvgIpc) is 2.48. The number of benzene rings is 1. The minimum atomic E-state index is -0.434. The number of aromatic nitrogens is 2. The Kier molecular flexibility index (Phi) is 4.72. The third kappa shape index (κ3) is 3.81. The number of carbonyl (C=O) groups excluding carboxylic acids is 1. The first-order valence-electron chi connectivity index (χ1n) is 6.66. The number of rotatable bonds is 5. The summed E-state index contributed by atoms with van der Waals surface area (Å²) in [6.07, 6.45) is 1.33. The molecule has 0 spiro atoms. The first kappa shape index (κ1) is 15.5. The van der Waals surface area contributed by atoms with Crippen LogP contribution in [0.25, 0.3) is 0 Å². The minimum Gasteiger partial charge on any atom is -0.393 e. The van der Waals surface area contributed by atoms with Gasteiger partial charge in [0, 0.05) is 11.6 Å². The fourth-order valence-electron chi connectivity index (χ4n) is 1.67. The molecule has 0 atom stereocenters. The summed E-state index contributed by atoms with van der Waals surface area (Å²) in [5.74, 6) is -0.0949. The summed E-state index contributed by atoms with van der Waals surface area (Å²) in [5.41, 5.74) is 11.6. The van der Waals surface area contributed by atoms with Crippen molar-refractivity contribution in [1.82, 2.24) is 15.4 Å². The van der Waals surface area contributed by atoms with Crippen molar-refractivity contribution >= 4 is 23.2 Å². The number of carbonyl (C=O) groups is 1. The van der Waals surface area contributed by atoms with E-state index in [-0.39, 0.29) is 17.5 Å². The van der Waals surface area contributed by atoms with Crippen molar-refractivity contribution in [2.45, 2.75) is 19.9 Å². The molecule has 0 aliphatic carbocycles. The topological polar surface area (TPSA) is 105 Å². The monoisotopic (exact) mass is 304 g/mol. The molecule has 0 saturated carbocycles. The first-order chi connectivity index (χ1) is 10.5. The fraction of sp³-hybridized carbons (Fsp3) is 0.214. The standard InChI is InChI=1S/C14H17FN6O/c1-8(2)19-12-11(16)13(18-7-17-12)20-21-14(22)9-3-5-10(15)6-4-9/h3-8H,16H2,1-2H3,(H,21,22)(H2,17,18,19,20). The van der Waals surface area contributed by atoms with Crippen LogP contribution in [0.1, 0.15) is 24.2 Å². The second-order valence-corrected chi connectivity index (χ2v) is 4.87. The summed E-state index contributed by atoms with van der Waals surface area (Å²) in [6, 6.07) is 5.32. The van der Waals surface area contributed by atoms with Gasteiger partial charge in [-0.15, -0.1) is 0 Å².